The molecule has 1 aliphatic rings. The minimum Gasteiger partial charge on any atom is -0.379 e. The fourth-order valence-corrected chi connectivity index (χ4v) is 3.20. The van der Waals surface area contributed by atoms with Crippen molar-refractivity contribution in [2.75, 3.05) is 32.8 Å². The zero-order valence-corrected chi connectivity index (χ0v) is 15.4. The molecule has 1 atom stereocenters. The van der Waals surface area contributed by atoms with Crippen LogP contribution in [-0.4, -0.2) is 48.6 Å². The molecule has 138 valence electrons. The Bertz CT molecular complexity index is 682. The average Bonchev–Trinajstić information content (AvgIpc) is 2.68. The van der Waals surface area contributed by atoms with Crippen LogP contribution in [0.25, 0.3) is 0 Å². The van der Waals surface area contributed by atoms with Crippen molar-refractivity contribution in [2.24, 2.45) is 0 Å². The van der Waals surface area contributed by atoms with Crippen molar-refractivity contribution in [3.8, 4) is 0 Å². The Morgan fingerprint density at radius 2 is 1.77 bits per heavy atom. The first kappa shape index (κ1) is 18.5. The number of hydrogen-bond acceptors (Lipinski definition) is 4. The first-order chi connectivity index (χ1) is 12.7. The molecule has 1 aromatic carbocycles. The summed E-state index contributed by atoms with van der Waals surface area (Å²) in [6, 6.07) is 12.1. The van der Waals surface area contributed by atoms with Crippen LogP contribution < -0.4 is 5.32 Å². The van der Waals surface area contributed by atoms with E-state index >= 15 is 0 Å². The number of carbonyl (C=O) groups excluding carboxylic acids is 1. The molecule has 2 heterocycles. The molecule has 0 spiro atoms. The van der Waals surface area contributed by atoms with Crippen LogP contribution in [0.4, 0.5) is 0 Å². The highest BCUT2D eigenvalue weighted by atomic mass is 16.5. The highest BCUT2D eigenvalue weighted by Gasteiger charge is 2.17. The van der Waals surface area contributed by atoms with Gasteiger partial charge >= 0.3 is 0 Å². The van der Waals surface area contributed by atoms with Crippen molar-refractivity contribution in [1.82, 2.24) is 15.2 Å². The maximum atomic E-state index is 12.5. The SMILES string of the molecule is Cc1ccc([C@@H](NC(=O)CCCN2CCOCC2)c2ccncc2)cc1. The molecule has 0 bridgehead atoms. The van der Waals surface area contributed by atoms with Crippen molar-refractivity contribution < 1.29 is 9.53 Å². The topological polar surface area (TPSA) is 54.5 Å². The lowest BCUT2D eigenvalue weighted by molar-refractivity contribution is -0.121. The van der Waals surface area contributed by atoms with Crippen LogP contribution in [0.15, 0.2) is 48.8 Å². The Kier molecular flexibility index (Phi) is 6.75. The Balaban J connectivity index is 1.60. The number of aromatic nitrogens is 1. The number of aryl methyl sites for hydroxylation is 1. The summed E-state index contributed by atoms with van der Waals surface area (Å²) in [7, 11) is 0. The fourth-order valence-electron chi connectivity index (χ4n) is 3.20. The van der Waals surface area contributed by atoms with Gasteiger partial charge in [0.15, 0.2) is 0 Å². The summed E-state index contributed by atoms with van der Waals surface area (Å²) >= 11 is 0. The highest BCUT2D eigenvalue weighted by molar-refractivity contribution is 5.77. The monoisotopic (exact) mass is 353 g/mol. The molecule has 5 nitrogen and oxygen atoms in total. The molecule has 0 saturated carbocycles. The normalized spacial score (nSPS) is 16.2. The molecule has 1 saturated heterocycles. The zero-order valence-electron chi connectivity index (χ0n) is 15.4. The first-order valence-corrected chi connectivity index (χ1v) is 9.28. The summed E-state index contributed by atoms with van der Waals surface area (Å²) in [5.41, 5.74) is 3.34. The number of amides is 1. The van der Waals surface area contributed by atoms with Crippen LogP contribution in [0.3, 0.4) is 0 Å². The van der Waals surface area contributed by atoms with Crippen LogP contribution in [0.5, 0.6) is 0 Å². The Morgan fingerprint density at radius 1 is 1.12 bits per heavy atom. The van der Waals surface area contributed by atoms with Gasteiger partial charge in [-0.25, -0.2) is 0 Å². The van der Waals surface area contributed by atoms with Crippen molar-refractivity contribution in [2.45, 2.75) is 25.8 Å². The van der Waals surface area contributed by atoms with E-state index in [1.807, 2.05) is 12.1 Å². The van der Waals surface area contributed by atoms with Gasteiger partial charge in [0.1, 0.15) is 0 Å². The van der Waals surface area contributed by atoms with E-state index < -0.39 is 0 Å². The third-order valence-corrected chi connectivity index (χ3v) is 4.74. The Morgan fingerprint density at radius 3 is 2.46 bits per heavy atom. The molecular formula is C21H27N3O2. The van der Waals surface area contributed by atoms with Gasteiger partial charge < -0.3 is 10.1 Å². The lowest BCUT2D eigenvalue weighted by Gasteiger charge is -2.26. The van der Waals surface area contributed by atoms with Gasteiger partial charge in [-0.15, -0.1) is 0 Å². The number of carbonyl (C=O) groups is 1. The summed E-state index contributed by atoms with van der Waals surface area (Å²) in [5.74, 6) is 0.0839. The van der Waals surface area contributed by atoms with Gasteiger partial charge in [-0.1, -0.05) is 29.8 Å². The smallest absolute Gasteiger partial charge is 0.220 e. The second-order valence-corrected chi connectivity index (χ2v) is 6.75. The Labute approximate surface area is 155 Å². The van der Waals surface area contributed by atoms with E-state index in [-0.39, 0.29) is 11.9 Å². The number of morpholine rings is 1. The minimum absolute atomic E-state index is 0.0839. The zero-order chi connectivity index (χ0) is 18.2. The maximum absolute atomic E-state index is 12.5. The van der Waals surface area contributed by atoms with Crippen LogP contribution in [0.1, 0.15) is 35.6 Å². The van der Waals surface area contributed by atoms with Gasteiger partial charge in [0.25, 0.3) is 0 Å². The molecule has 0 aliphatic carbocycles. The van der Waals surface area contributed by atoms with Crippen molar-refractivity contribution in [1.29, 1.82) is 0 Å². The molecule has 1 aliphatic heterocycles. The maximum Gasteiger partial charge on any atom is 0.220 e. The molecule has 1 aromatic heterocycles. The largest absolute Gasteiger partial charge is 0.379 e. The molecule has 26 heavy (non-hydrogen) atoms. The van der Waals surface area contributed by atoms with E-state index in [0.29, 0.717) is 6.42 Å². The lowest BCUT2D eigenvalue weighted by atomic mass is 9.98. The van der Waals surface area contributed by atoms with Gasteiger partial charge in [-0.3, -0.25) is 14.7 Å². The molecule has 0 radical (unpaired) electrons. The standard InChI is InChI=1S/C21H27N3O2/c1-17-4-6-18(7-5-17)21(19-8-10-22-11-9-19)23-20(25)3-2-12-24-13-15-26-16-14-24/h4-11,21H,2-3,12-16H2,1H3,(H,23,25)/t21-/m1/s1. The van der Waals surface area contributed by atoms with Gasteiger partial charge in [0.05, 0.1) is 19.3 Å². The first-order valence-electron chi connectivity index (χ1n) is 9.28. The van der Waals surface area contributed by atoms with Gasteiger partial charge in [-0.05, 0) is 43.1 Å². The number of benzene rings is 1. The van der Waals surface area contributed by atoms with Gasteiger partial charge in [0, 0.05) is 31.9 Å². The molecule has 1 amide bonds. The summed E-state index contributed by atoms with van der Waals surface area (Å²) in [5, 5.41) is 3.20. The van der Waals surface area contributed by atoms with E-state index in [2.05, 4.69) is 46.4 Å². The van der Waals surface area contributed by atoms with E-state index in [1.165, 1.54) is 5.56 Å². The fraction of sp³-hybridized carbons (Fsp3) is 0.429. The van der Waals surface area contributed by atoms with Crippen molar-refractivity contribution in [3.63, 3.8) is 0 Å². The molecule has 2 aromatic rings. The van der Waals surface area contributed by atoms with Crippen LogP contribution in [0, 0.1) is 6.92 Å². The summed E-state index contributed by atoms with van der Waals surface area (Å²) in [6.45, 7) is 6.53. The van der Waals surface area contributed by atoms with Gasteiger partial charge in [-0.2, -0.15) is 0 Å². The number of rotatable bonds is 7. The molecule has 1 fully saturated rings. The molecule has 1 N–H and O–H groups in total. The summed E-state index contributed by atoms with van der Waals surface area (Å²) < 4.78 is 5.36. The Hall–Kier alpha value is -2.24. The minimum atomic E-state index is -0.144. The summed E-state index contributed by atoms with van der Waals surface area (Å²) in [6.07, 6.45) is 4.93. The predicted molar refractivity (Wildman–Crippen MR) is 102 cm³/mol. The lowest BCUT2D eigenvalue weighted by Crippen LogP contribution is -2.37. The molecular weight excluding hydrogens is 326 g/mol. The second-order valence-electron chi connectivity index (χ2n) is 6.75. The van der Waals surface area contributed by atoms with E-state index in [4.69, 9.17) is 4.74 Å². The quantitative estimate of drug-likeness (QED) is 0.832. The molecule has 5 heteroatoms. The van der Waals surface area contributed by atoms with Crippen molar-refractivity contribution in [3.05, 3.63) is 65.5 Å². The number of nitrogens with zero attached hydrogens (tertiary/aromatic N) is 2. The highest BCUT2D eigenvalue weighted by Crippen LogP contribution is 2.22. The van der Waals surface area contributed by atoms with E-state index in [1.54, 1.807) is 12.4 Å². The third-order valence-electron chi connectivity index (χ3n) is 4.74. The van der Waals surface area contributed by atoms with E-state index in [0.717, 1.165) is 50.4 Å². The molecule has 3 rings (SSSR count). The second kappa shape index (κ2) is 9.46. The number of ether oxygens (including phenoxy) is 1. The van der Waals surface area contributed by atoms with Crippen LogP contribution in [-0.2, 0) is 9.53 Å². The van der Waals surface area contributed by atoms with Crippen LogP contribution in [0.2, 0.25) is 0 Å². The predicted octanol–water partition coefficient (Wildman–Crippen LogP) is 2.71. The van der Waals surface area contributed by atoms with E-state index in [9.17, 15) is 4.79 Å². The molecule has 0 unspecified atom stereocenters. The van der Waals surface area contributed by atoms with Crippen molar-refractivity contribution >= 4 is 5.91 Å². The number of hydrogen-bond donors (Lipinski definition) is 1. The number of nitrogens with one attached hydrogen (secondary N) is 1. The third kappa shape index (κ3) is 5.38. The average molecular weight is 353 g/mol. The van der Waals surface area contributed by atoms with Gasteiger partial charge in [0.2, 0.25) is 5.91 Å². The summed E-state index contributed by atoms with van der Waals surface area (Å²) in [4.78, 5) is 19.0. The van der Waals surface area contributed by atoms with Crippen LogP contribution >= 0.6 is 0 Å². The number of pyridine rings is 1.